The summed E-state index contributed by atoms with van der Waals surface area (Å²) in [6.45, 7) is 1.90. The van der Waals surface area contributed by atoms with Gasteiger partial charge in [-0.2, -0.15) is 0 Å². The first-order valence-corrected chi connectivity index (χ1v) is 7.47. The van der Waals surface area contributed by atoms with Crippen LogP contribution < -0.4 is 5.32 Å². The van der Waals surface area contributed by atoms with Crippen molar-refractivity contribution in [2.75, 3.05) is 5.75 Å². The second-order valence-electron chi connectivity index (χ2n) is 4.56. The van der Waals surface area contributed by atoms with Gasteiger partial charge in [0.1, 0.15) is 0 Å². The number of hydrogen-bond acceptors (Lipinski definition) is 2. The first-order chi connectivity index (χ1) is 10.1. The Morgan fingerprint density at radius 3 is 2.52 bits per heavy atom. The molecule has 0 aromatic heterocycles. The summed E-state index contributed by atoms with van der Waals surface area (Å²) in [4.78, 5) is 12.4. The molecule has 1 atom stereocenters. The molecular weight excluding hydrogens is 292 g/mol. The van der Waals surface area contributed by atoms with E-state index in [1.807, 2.05) is 37.3 Å². The third-order valence-corrected chi connectivity index (χ3v) is 3.93. The summed E-state index contributed by atoms with van der Waals surface area (Å²) in [6.07, 6.45) is 0. The van der Waals surface area contributed by atoms with Crippen molar-refractivity contribution in [2.24, 2.45) is 0 Å². The minimum Gasteiger partial charge on any atom is -0.349 e. The van der Waals surface area contributed by atoms with Crippen molar-refractivity contribution in [3.8, 4) is 0 Å². The Morgan fingerprint density at radius 1 is 1.14 bits per heavy atom. The van der Waals surface area contributed by atoms with Crippen LogP contribution in [0.5, 0.6) is 0 Å². The Labute approximate surface area is 126 Å². The molecule has 0 bridgehead atoms. The zero-order chi connectivity index (χ0) is 15.2. The summed E-state index contributed by atoms with van der Waals surface area (Å²) in [5, 5.41) is 2.86. The van der Waals surface area contributed by atoms with E-state index in [0.717, 1.165) is 17.7 Å². The predicted molar refractivity (Wildman–Crippen MR) is 80.1 cm³/mol. The maximum Gasteiger partial charge on any atom is 0.230 e. The molecule has 1 N–H and O–H groups in total. The first kappa shape index (κ1) is 15.5. The molecule has 0 saturated carbocycles. The second kappa shape index (κ2) is 7.22. The van der Waals surface area contributed by atoms with Crippen LogP contribution in [0.4, 0.5) is 8.78 Å². The van der Waals surface area contributed by atoms with E-state index in [0.29, 0.717) is 4.90 Å². The minimum absolute atomic E-state index is 0.0933. The fourth-order valence-corrected chi connectivity index (χ4v) is 2.56. The lowest BCUT2D eigenvalue weighted by atomic mass is 10.1. The molecule has 2 nitrogen and oxygen atoms in total. The van der Waals surface area contributed by atoms with Crippen LogP contribution in [0.25, 0.3) is 0 Å². The van der Waals surface area contributed by atoms with Gasteiger partial charge in [0.05, 0.1) is 11.8 Å². The SMILES string of the molecule is C[C@H](NC(=O)CSc1ccc(F)c(F)c1)c1ccccc1. The van der Waals surface area contributed by atoms with Crippen LogP contribution in [0, 0.1) is 11.6 Å². The van der Waals surface area contributed by atoms with Gasteiger partial charge in [-0.3, -0.25) is 4.79 Å². The Balaban J connectivity index is 1.86. The summed E-state index contributed by atoms with van der Waals surface area (Å²) >= 11 is 1.17. The number of thioether (sulfide) groups is 1. The summed E-state index contributed by atoms with van der Waals surface area (Å²) in [7, 11) is 0. The molecule has 5 heteroatoms. The number of halogens is 2. The van der Waals surface area contributed by atoms with Gasteiger partial charge in [0.25, 0.3) is 0 Å². The Bertz CT molecular complexity index is 619. The highest BCUT2D eigenvalue weighted by atomic mass is 32.2. The van der Waals surface area contributed by atoms with Crippen molar-refractivity contribution in [1.82, 2.24) is 5.32 Å². The number of rotatable bonds is 5. The van der Waals surface area contributed by atoms with Gasteiger partial charge in [0.15, 0.2) is 11.6 Å². The molecule has 0 radical (unpaired) electrons. The molecule has 2 rings (SSSR count). The van der Waals surface area contributed by atoms with E-state index in [2.05, 4.69) is 5.32 Å². The monoisotopic (exact) mass is 307 g/mol. The summed E-state index contributed by atoms with van der Waals surface area (Å²) in [5.74, 6) is -1.79. The lowest BCUT2D eigenvalue weighted by Gasteiger charge is -2.14. The van der Waals surface area contributed by atoms with E-state index in [1.165, 1.54) is 17.8 Å². The molecule has 0 heterocycles. The van der Waals surface area contributed by atoms with Gasteiger partial charge in [-0.25, -0.2) is 8.78 Å². The highest BCUT2D eigenvalue weighted by Gasteiger charge is 2.10. The molecule has 0 fully saturated rings. The van der Waals surface area contributed by atoms with Crippen LogP contribution >= 0.6 is 11.8 Å². The van der Waals surface area contributed by atoms with Crippen molar-refractivity contribution < 1.29 is 13.6 Å². The van der Waals surface area contributed by atoms with Gasteiger partial charge in [0, 0.05) is 4.90 Å². The molecule has 1 amide bonds. The molecule has 0 aliphatic heterocycles. The lowest BCUT2D eigenvalue weighted by molar-refractivity contribution is -0.119. The van der Waals surface area contributed by atoms with E-state index in [9.17, 15) is 13.6 Å². The topological polar surface area (TPSA) is 29.1 Å². The Morgan fingerprint density at radius 2 is 1.86 bits per heavy atom. The number of carbonyl (C=O) groups is 1. The van der Waals surface area contributed by atoms with Gasteiger partial charge in [0.2, 0.25) is 5.91 Å². The fourth-order valence-electron chi connectivity index (χ4n) is 1.82. The van der Waals surface area contributed by atoms with Crippen molar-refractivity contribution in [3.63, 3.8) is 0 Å². The molecule has 0 spiro atoms. The molecule has 0 aliphatic rings. The highest BCUT2D eigenvalue weighted by Crippen LogP contribution is 2.20. The maximum absolute atomic E-state index is 13.0. The molecule has 110 valence electrons. The molecule has 0 saturated heterocycles. The number of nitrogens with one attached hydrogen (secondary N) is 1. The maximum atomic E-state index is 13.0. The molecular formula is C16H15F2NOS. The summed E-state index contributed by atoms with van der Waals surface area (Å²) in [5.41, 5.74) is 1.02. The van der Waals surface area contributed by atoms with Gasteiger partial charge in [-0.05, 0) is 30.7 Å². The van der Waals surface area contributed by atoms with Crippen molar-refractivity contribution >= 4 is 17.7 Å². The van der Waals surface area contributed by atoms with Crippen LogP contribution in [-0.2, 0) is 4.79 Å². The smallest absolute Gasteiger partial charge is 0.230 e. The third-order valence-electron chi connectivity index (χ3n) is 2.94. The van der Waals surface area contributed by atoms with Crippen LogP contribution in [0.15, 0.2) is 53.4 Å². The van der Waals surface area contributed by atoms with Gasteiger partial charge in [-0.1, -0.05) is 30.3 Å². The standard InChI is InChI=1S/C16H15F2NOS/c1-11(12-5-3-2-4-6-12)19-16(20)10-21-13-7-8-14(17)15(18)9-13/h2-9,11H,10H2,1H3,(H,19,20)/t11-/m0/s1. The second-order valence-corrected chi connectivity index (χ2v) is 5.61. The fraction of sp³-hybridized carbons (Fsp3) is 0.188. The van der Waals surface area contributed by atoms with Gasteiger partial charge in [-0.15, -0.1) is 11.8 Å². The average molecular weight is 307 g/mol. The van der Waals surface area contributed by atoms with Gasteiger partial charge >= 0.3 is 0 Å². The largest absolute Gasteiger partial charge is 0.349 e. The zero-order valence-corrected chi connectivity index (χ0v) is 12.3. The van der Waals surface area contributed by atoms with Crippen LogP contribution in [0.1, 0.15) is 18.5 Å². The van der Waals surface area contributed by atoms with Crippen LogP contribution in [0.3, 0.4) is 0 Å². The van der Waals surface area contributed by atoms with E-state index in [1.54, 1.807) is 0 Å². The number of hydrogen-bond donors (Lipinski definition) is 1. The Kier molecular flexibility index (Phi) is 5.33. The normalized spacial score (nSPS) is 12.0. The van der Waals surface area contributed by atoms with Crippen molar-refractivity contribution in [1.29, 1.82) is 0 Å². The third kappa shape index (κ3) is 4.56. The minimum atomic E-state index is -0.905. The zero-order valence-electron chi connectivity index (χ0n) is 11.5. The molecule has 21 heavy (non-hydrogen) atoms. The van der Waals surface area contributed by atoms with E-state index in [-0.39, 0.29) is 17.7 Å². The summed E-state index contributed by atoms with van der Waals surface area (Å²) in [6, 6.07) is 13.1. The summed E-state index contributed by atoms with van der Waals surface area (Å²) < 4.78 is 25.8. The molecule has 2 aromatic carbocycles. The van der Waals surface area contributed by atoms with Crippen molar-refractivity contribution in [3.05, 3.63) is 65.7 Å². The highest BCUT2D eigenvalue weighted by molar-refractivity contribution is 8.00. The van der Waals surface area contributed by atoms with E-state index < -0.39 is 11.6 Å². The quantitative estimate of drug-likeness (QED) is 0.848. The first-order valence-electron chi connectivity index (χ1n) is 6.48. The number of carbonyl (C=O) groups excluding carboxylic acids is 1. The van der Waals surface area contributed by atoms with Crippen LogP contribution in [0.2, 0.25) is 0 Å². The van der Waals surface area contributed by atoms with E-state index >= 15 is 0 Å². The Hall–Kier alpha value is -1.88. The molecule has 0 aliphatic carbocycles. The van der Waals surface area contributed by atoms with E-state index in [4.69, 9.17) is 0 Å². The van der Waals surface area contributed by atoms with Gasteiger partial charge < -0.3 is 5.32 Å². The average Bonchev–Trinajstić information content (AvgIpc) is 2.49. The number of amides is 1. The lowest BCUT2D eigenvalue weighted by Crippen LogP contribution is -2.28. The predicted octanol–water partition coefficient (Wildman–Crippen LogP) is 3.93. The number of benzene rings is 2. The van der Waals surface area contributed by atoms with Crippen molar-refractivity contribution in [2.45, 2.75) is 17.9 Å². The van der Waals surface area contributed by atoms with Crippen LogP contribution in [-0.4, -0.2) is 11.7 Å². The molecule has 2 aromatic rings. The molecule has 0 unspecified atom stereocenters.